The van der Waals surface area contributed by atoms with Crippen molar-refractivity contribution in [2.75, 3.05) is 32.1 Å². The maximum absolute atomic E-state index is 11.2. The van der Waals surface area contributed by atoms with Crippen LogP contribution >= 0.6 is 0 Å². The predicted molar refractivity (Wildman–Crippen MR) is 67.9 cm³/mol. The molecule has 0 saturated carbocycles. The van der Waals surface area contributed by atoms with Crippen LogP contribution in [0, 0.1) is 0 Å². The molecule has 1 amide bonds. The molecule has 0 radical (unpaired) electrons. The zero-order chi connectivity index (χ0) is 12.8. The summed E-state index contributed by atoms with van der Waals surface area (Å²) in [5.41, 5.74) is 1.05. The van der Waals surface area contributed by atoms with Crippen LogP contribution in [0.2, 0.25) is 0 Å². The summed E-state index contributed by atoms with van der Waals surface area (Å²) in [4.78, 5) is 17.5. The first-order valence-corrected chi connectivity index (χ1v) is 5.71. The van der Waals surface area contributed by atoms with E-state index in [4.69, 9.17) is 0 Å². The highest BCUT2D eigenvalue weighted by Crippen LogP contribution is 2.10. The molecule has 0 saturated heterocycles. The molecule has 0 atom stereocenters. The first-order valence-electron chi connectivity index (χ1n) is 5.71. The van der Waals surface area contributed by atoms with Gasteiger partial charge in [-0.15, -0.1) is 0 Å². The third-order valence-electron chi connectivity index (χ3n) is 2.43. The molecule has 0 aromatic carbocycles. The maximum atomic E-state index is 11.2. The van der Waals surface area contributed by atoms with Gasteiger partial charge >= 0.3 is 0 Å². The summed E-state index contributed by atoms with van der Waals surface area (Å²) in [6.45, 7) is 3.53. The van der Waals surface area contributed by atoms with Crippen molar-refractivity contribution in [1.29, 1.82) is 0 Å². The van der Waals surface area contributed by atoms with Gasteiger partial charge in [0.2, 0.25) is 11.9 Å². The normalized spacial score (nSPS) is 10.4. The molecular formula is C11H21N5O. The van der Waals surface area contributed by atoms with Gasteiger partial charge < -0.3 is 20.1 Å². The van der Waals surface area contributed by atoms with E-state index >= 15 is 0 Å². The number of carbonyl (C=O) groups is 1. The lowest BCUT2D eigenvalue weighted by atomic mass is 10.4. The van der Waals surface area contributed by atoms with E-state index in [1.54, 1.807) is 0 Å². The molecule has 1 aromatic heterocycles. The number of anilines is 1. The topological polar surface area (TPSA) is 62.2 Å². The van der Waals surface area contributed by atoms with Gasteiger partial charge in [0.15, 0.2) is 0 Å². The molecule has 0 aliphatic carbocycles. The highest BCUT2D eigenvalue weighted by molar-refractivity contribution is 5.77. The standard InChI is InChI=1S/C11H21N5O/c1-5-13-10(17)8-12-6-9-7-14-11(15(2)3)16(9)4/h7,12H,5-6,8H2,1-4H3,(H,13,17). The molecule has 6 heteroatoms. The van der Waals surface area contributed by atoms with E-state index in [1.165, 1.54) is 0 Å². The Balaban J connectivity index is 2.45. The average molecular weight is 239 g/mol. The second kappa shape index (κ2) is 6.24. The van der Waals surface area contributed by atoms with Gasteiger partial charge in [-0.25, -0.2) is 4.98 Å². The lowest BCUT2D eigenvalue weighted by Crippen LogP contribution is -2.33. The van der Waals surface area contributed by atoms with Crippen LogP contribution in [0.15, 0.2) is 6.20 Å². The summed E-state index contributed by atoms with van der Waals surface area (Å²) >= 11 is 0. The summed E-state index contributed by atoms with van der Waals surface area (Å²) in [5.74, 6) is 0.919. The Labute approximate surface area is 102 Å². The fourth-order valence-electron chi connectivity index (χ4n) is 1.58. The van der Waals surface area contributed by atoms with Gasteiger partial charge in [-0.1, -0.05) is 0 Å². The minimum Gasteiger partial charge on any atom is -0.355 e. The van der Waals surface area contributed by atoms with Gasteiger partial charge in [0.05, 0.1) is 18.4 Å². The number of likely N-dealkylation sites (N-methyl/N-ethyl adjacent to an activating group) is 1. The monoisotopic (exact) mass is 239 g/mol. The van der Waals surface area contributed by atoms with Crippen molar-refractivity contribution in [3.8, 4) is 0 Å². The second-order valence-electron chi connectivity index (χ2n) is 4.06. The Bertz CT molecular complexity index is 372. The smallest absolute Gasteiger partial charge is 0.233 e. The van der Waals surface area contributed by atoms with Crippen molar-refractivity contribution in [3.63, 3.8) is 0 Å². The first kappa shape index (κ1) is 13.5. The molecular weight excluding hydrogens is 218 g/mol. The van der Waals surface area contributed by atoms with E-state index in [0.29, 0.717) is 19.6 Å². The Morgan fingerprint density at radius 3 is 2.76 bits per heavy atom. The van der Waals surface area contributed by atoms with Crippen LogP contribution in [0.1, 0.15) is 12.6 Å². The fraction of sp³-hybridized carbons (Fsp3) is 0.636. The van der Waals surface area contributed by atoms with Crippen molar-refractivity contribution in [2.45, 2.75) is 13.5 Å². The van der Waals surface area contributed by atoms with Crippen molar-refractivity contribution >= 4 is 11.9 Å². The molecule has 1 aromatic rings. The van der Waals surface area contributed by atoms with Crippen molar-refractivity contribution in [1.82, 2.24) is 20.2 Å². The number of imidazole rings is 1. The van der Waals surface area contributed by atoms with Crippen molar-refractivity contribution in [3.05, 3.63) is 11.9 Å². The zero-order valence-electron chi connectivity index (χ0n) is 10.9. The number of nitrogens with zero attached hydrogens (tertiary/aromatic N) is 3. The Morgan fingerprint density at radius 2 is 2.24 bits per heavy atom. The van der Waals surface area contributed by atoms with E-state index in [9.17, 15) is 4.79 Å². The predicted octanol–water partition coefficient (Wildman–Crippen LogP) is -0.288. The van der Waals surface area contributed by atoms with E-state index in [1.807, 2.05) is 43.7 Å². The van der Waals surface area contributed by atoms with Crippen molar-refractivity contribution in [2.24, 2.45) is 7.05 Å². The number of amides is 1. The number of carbonyl (C=O) groups excluding carboxylic acids is 1. The van der Waals surface area contributed by atoms with Gasteiger partial charge in [-0.3, -0.25) is 4.79 Å². The lowest BCUT2D eigenvalue weighted by Gasteiger charge is -2.12. The number of nitrogens with one attached hydrogen (secondary N) is 2. The fourth-order valence-corrected chi connectivity index (χ4v) is 1.58. The Morgan fingerprint density at radius 1 is 1.53 bits per heavy atom. The Kier molecular flexibility index (Phi) is 4.96. The van der Waals surface area contributed by atoms with E-state index in [-0.39, 0.29) is 5.91 Å². The molecule has 17 heavy (non-hydrogen) atoms. The van der Waals surface area contributed by atoms with Crippen LogP contribution in [0.25, 0.3) is 0 Å². The largest absolute Gasteiger partial charge is 0.355 e. The first-order chi connectivity index (χ1) is 8.06. The highest BCUT2D eigenvalue weighted by Gasteiger charge is 2.07. The number of hydrogen-bond acceptors (Lipinski definition) is 4. The quantitative estimate of drug-likeness (QED) is 0.716. The summed E-state index contributed by atoms with van der Waals surface area (Å²) in [6, 6.07) is 0. The molecule has 0 bridgehead atoms. The molecule has 2 N–H and O–H groups in total. The van der Waals surface area contributed by atoms with Crippen molar-refractivity contribution < 1.29 is 4.79 Å². The summed E-state index contributed by atoms with van der Waals surface area (Å²) < 4.78 is 2.00. The van der Waals surface area contributed by atoms with Gasteiger partial charge in [0.1, 0.15) is 0 Å². The van der Waals surface area contributed by atoms with Gasteiger partial charge in [0, 0.05) is 34.2 Å². The maximum Gasteiger partial charge on any atom is 0.233 e. The molecule has 0 aliphatic heterocycles. The summed E-state index contributed by atoms with van der Waals surface area (Å²) in [6.07, 6.45) is 1.82. The van der Waals surface area contributed by atoms with Crippen LogP contribution in [0.3, 0.4) is 0 Å². The molecule has 0 fully saturated rings. The van der Waals surface area contributed by atoms with Crippen LogP contribution < -0.4 is 15.5 Å². The second-order valence-corrected chi connectivity index (χ2v) is 4.06. The van der Waals surface area contributed by atoms with Gasteiger partial charge in [0.25, 0.3) is 0 Å². The van der Waals surface area contributed by atoms with Gasteiger partial charge in [-0.2, -0.15) is 0 Å². The van der Waals surface area contributed by atoms with Crippen LogP contribution in [0.5, 0.6) is 0 Å². The molecule has 96 valence electrons. The third-order valence-corrected chi connectivity index (χ3v) is 2.43. The Hall–Kier alpha value is -1.56. The molecule has 0 aliphatic rings. The summed E-state index contributed by atoms with van der Waals surface area (Å²) in [5, 5.41) is 5.83. The van der Waals surface area contributed by atoms with Crippen LogP contribution in [0.4, 0.5) is 5.95 Å². The van der Waals surface area contributed by atoms with E-state index < -0.39 is 0 Å². The van der Waals surface area contributed by atoms with Gasteiger partial charge in [-0.05, 0) is 6.92 Å². The SMILES string of the molecule is CCNC(=O)CNCc1cnc(N(C)C)n1C. The zero-order valence-corrected chi connectivity index (χ0v) is 10.9. The number of aromatic nitrogens is 2. The summed E-state index contributed by atoms with van der Waals surface area (Å²) in [7, 11) is 5.87. The minimum atomic E-state index is 0.0162. The molecule has 1 rings (SSSR count). The number of hydrogen-bond donors (Lipinski definition) is 2. The van der Waals surface area contributed by atoms with E-state index in [0.717, 1.165) is 11.6 Å². The average Bonchev–Trinajstić information content (AvgIpc) is 2.61. The third kappa shape index (κ3) is 3.74. The molecule has 1 heterocycles. The highest BCUT2D eigenvalue weighted by atomic mass is 16.1. The lowest BCUT2D eigenvalue weighted by molar-refractivity contribution is -0.120. The molecule has 6 nitrogen and oxygen atoms in total. The minimum absolute atomic E-state index is 0.0162. The number of rotatable bonds is 6. The van der Waals surface area contributed by atoms with E-state index in [2.05, 4.69) is 15.6 Å². The molecule has 0 spiro atoms. The van der Waals surface area contributed by atoms with Crippen LogP contribution in [-0.2, 0) is 18.4 Å². The van der Waals surface area contributed by atoms with Crippen LogP contribution in [-0.4, -0.2) is 42.6 Å². The molecule has 0 unspecified atom stereocenters.